The monoisotopic (exact) mass is 366 g/mol. The summed E-state index contributed by atoms with van der Waals surface area (Å²) in [6, 6.07) is 0. The van der Waals surface area contributed by atoms with E-state index in [1.807, 2.05) is 0 Å². The molecule has 0 aliphatic rings. The molecule has 0 atom stereocenters. The van der Waals surface area contributed by atoms with Crippen molar-refractivity contribution in [2.45, 2.75) is 96.3 Å². The van der Waals surface area contributed by atoms with E-state index >= 15 is 0 Å². The molecule has 0 heterocycles. The minimum atomic E-state index is -4.28. The summed E-state index contributed by atoms with van der Waals surface area (Å²) in [5, 5.41) is 8.52. The lowest BCUT2D eigenvalue weighted by Gasteiger charge is -2.05. The van der Waals surface area contributed by atoms with Crippen LogP contribution in [0.15, 0.2) is 0 Å². The molecule has 0 fully saturated rings. The van der Waals surface area contributed by atoms with Gasteiger partial charge in [0.05, 0.1) is 6.61 Å². The number of carbonyl (C=O) groups is 1. The quantitative estimate of drug-likeness (QED) is 0.232. The summed E-state index contributed by atoms with van der Waals surface area (Å²) in [4.78, 5) is 27.4. The lowest BCUT2D eigenvalue weighted by molar-refractivity contribution is -0.137. The Bertz CT molecular complexity index is 342. The first kappa shape index (κ1) is 23.6. The largest absolute Gasteiger partial charge is 0.481 e. The Morgan fingerprint density at radius 1 is 0.667 bits per heavy atom. The van der Waals surface area contributed by atoms with Gasteiger partial charge in [-0.15, -0.1) is 0 Å². The Morgan fingerprint density at radius 3 is 1.33 bits per heavy atom. The number of hydrogen-bond acceptors (Lipinski definition) is 3. The molecule has 7 heteroatoms. The highest BCUT2D eigenvalue weighted by atomic mass is 31.2. The molecule has 6 nitrogen and oxygen atoms in total. The van der Waals surface area contributed by atoms with Gasteiger partial charge in [0.25, 0.3) is 0 Å². The summed E-state index contributed by atoms with van der Waals surface area (Å²) in [5.74, 6) is -0.690. The van der Waals surface area contributed by atoms with Gasteiger partial charge in [0.2, 0.25) is 0 Å². The molecule has 3 N–H and O–H groups in total. The fourth-order valence-corrected chi connectivity index (χ4v) is 3.05. The third-order valence-electron chi connectivity index (χ3n) is 4.04. The molecule has 24 heavy (non-hydrogen) atoms. The molecular weight excluding hydrogens is 331 g/mol. The van der Waals surface area contributed by atoms with E-state index < -0.39 is 13.8 Å². The van der Waals surface area contributed by atoms with E-state index in [0.29, 0.717) is 12.8 Å². The van der Waals surface area contributed by atoms with Gasteiger partial charge < -0.3 is 14.9 Å². The third-order valence-corrected chi connectivity index (χ3v) is 4.56. The van der Waals surface area contributed by atoms with Crippen molar-refractivity contribution < 1.29 is 28.8 Å². The van der Waals surface area contributed by atoms with E-state index in [-0.39, 0.29) is 6.61 Å². The summed E-state index contributed by atoms with van der Waals surface area (Å²) in [6.07, 6.45) is 16.0. The van der Waals surface area contributed by atoms with Crippen LogP contribution in [-0.2, 0) is 13.9 Å². The van der Waals surface area contributed by atoms with Crippen molar-refractivity contribution in [3.05, 3.63) is 0 Å². The molecule has 0 aromatic carbocycles. The summed E-state index contributed by atoms with van der Waals surface area (Å²) in [7, 11) is -4.28. The molecule has 0 amide bonds. The van der Waals surface area contributed by atoms with Crippen molar-refractivity contribution in [3.8, 4) is 0 Å². The maximum atomic E-state index is 10.5. The molecule has 0 aliphatic carbocycles. The molecule has 0 bridgehead atoms. The maximum absolute atomic E-state index is 10.5. The van der Waals surface area contributed by atoms with Gasteiger partial charge in [-0.3, -0.25) is 9.32 Å². The van der Waals surface area contributed by atoms with Crippen LogP contribution in [0, 0.1) is 0 Å². The van der Waals surface area contributed by atoms with Crippen LogP contribution in [-0.4, -0.2) is 27.5 Å². The van der Waals surface area contributed by atoms with E-state index in [1.54, 1.807) is 0 Å². The number of rotatable bonds is 18. The highest BCUT2D eigenvalue weighted by molar-refractivity contribution is 7.46. The minimum Gasteiger partial charge on any atom is -0.481 e. The van der Waals surface area contributed by atoms with Gasteiger partial charge >= 0.3 is 13.8 Å². The molecule has 0 spiro atoms. The smallest absolute Gasteiger partial charge is 0.469 e. The molecular formula is C17H35O6P. The van der Waals surface area contributed by atoms with Crippen LogP contribution in [0.25, 0.3) is 0 Å². The third kappa shape index (κ3) is 21.6. The number of aliphatic carboxylic acids is 1. The number of phosphoric ester groups is 1. The first-order chi connectivity index (χ1) is 11.4. The predicted molar refractivity (Wildman–Crippen MR) is 94.9 cm³/mol. The number of carboxylic acid groups (broad SMARTS) is 1. The zero-order valence-corrected chi connectivity index (χ0v) is 15.7. The highest BCUT2D eigenvalue weighted by Gasteiger charge is 2.12. The number of hydrogen-bond donors (Lipinski definition) is 3. The van der Waals surface area contributed by atoms with Gasteiger partial charge in [0.15, 0.2) is 0 Å². The second-order valence-corrected chi connectivity index (χ2v) is 7.66. The molecule has 0 radical (unpaired) electrons. The maximum Gasteiger partial charge on any atom is 0.469 e. The summed E-state index contributed by atoms with van der Waals surface area (Å²) >= 11 is 0. The summed E-state index contributed by atoms with van der Waals surface area (Å²) < 4.78 is 14.8. The first-order valence-corrected chi connectivity index (χ1v) is 10.9. The average molecular weight is 366 g/mol. The van der Waals surface area contributed by atoms with E-state index in [4.69, 9.17) is 14.9 Å². The predicted octanol–water partition coefficient (Wildman–Crippen LogP) is 5.03. The number of carboxylic acids is 1. The Balaban J connectivity index is 3.05. The molecule has 0 unspecified atom stereocenters. The number of phosphoric acid groups is 1. The van der Waals surface area contributed by atoms with E-state index in [2.05, 4.69) is 4.52 Å². The van der Waals surface area contributed by atoms with Gasteiger partial charge in [0, 0.05) is 6.42 Å². The van der Waals surface area contributed by atoms with Crippen molar-refractivity contribution in [1.29, 1.82) is 0 Å². The van der Waals surface area contributed by atoms with Gasteiger partial charge in [0.1, 0.15) is 0 Å². The Kier molecular flexibility index (Phi) is 15.8. The van der Waals surface area contributed by atoms with E-state index in [9.17, 15) is 9.36 Å². The zero-order chi connectivity index (χ0) is 18.1. The van der Waals surface area contributed by atoms with Gasteiger partial charge in [-0.25, -0.2) is 4.57 Å². The van der Waals surface area contributed by atoms with E-state index in [0.717, 1.165) is 32.1 Å². The Labute approximate surface area is 146 Å². The second kappa shape index (κ2) is 16.1. The second-order valence-electron chi connectivity index (χ2n) is 6.42. The standard InChI is InChI=1S/C17H35O6P/c18-17(19)15-13-11-9-7-5-3-1-2-4-6-8-10-12-14-16-23-24(20,21)22/h1-16H2,(H,18,19)(H2,20,21,22). The van der Waals surface area contributed by atoms with Gasteiger partial charge in [-0.2, -0.15) is 0 Å². The van der Waals surface area contributed by atoms with E-state index in [1.165, 1.54) is 51.4 Å². The lowest BCUT2D eigenvalue weighted by Crippen LogP contribution is -1.93. The molecule has 0 aromatic heterocycles. The molecule has 0 rings (SSSR count). The summed E-state index contributed by atoms with van der Waals surface area (Å²) in [6.45, 7) is 0.139. The van der Waals surface area contributed by atoms with Crippen LogP contribution in [0.5, 0.6) is 0 Å². The van der Waals surface area contributed by atoms with Crippen molar-refractivity contribution in [1.82, 2.24) is 0 Å². The van der Waals surface area contributed by atoms with Gasteiger partial charge in [-0.05, 0) is 12.8 Å². The fraction of sp³-hybridized carbons (Fsp3) is 0.941. The van der Waals surface area contributed by atoms with Crippen molar-refractivity contribution >= 4 is 13.8 Å². The van der Waals surface area contributed by atoms with Crippen LogP contribution in [0.3, 0.4) is 0 Å². The SMILES string of the molecule is O=C(O)CCCCCCCCCCCCCCCCOP(=O)(O)O. The van der Waals surface area contributed by atoms with Crippen LogP contribution < -0.4 is 0 Å². The molecule has 0 aliphatic heterocycles. The molecule has 0 saturated carbocycles. The van der Waals surface area contributed by atoms with Crippen LogP contribution >= 0.6 is 7.82 Å². The van der Waals surface area contributed by atoms with Crippen LogP contribution in [0.1, 0.15) is 96.3 Å². The Hall–Kier alpha value is -0.420. The van der Waals surface area contributed by atoms with Gasteiger partial charge in [-0.1, -0.05) is 77.0 Å². The number of unbranched alkanes of at least 4 members (excludes halogenated alkanes) is 13. The summed E-state index contributed by atoms with van der Waals surface area (Å²) in [5.41, 5.74) is 0. The van der Waals surface area contributed by atoms with Crippen molar-refractivity contribution in [3.63, 3.8) is 0 Å². The topological polar surface area (TPSA) is 104 Å². The van der Waals surface area contributed by atoms with Crippen molar-refractivity contribution in [2.24, 2.45) is 0 Å². The fourth-order valence-electron chi connectivity index (χ4n) is 2.68. The first-order valence-electron chi connectivity index (χ1n) is 9.34. The van der Waals surface area contributed by atoms with Crippen molar-refractivity contribution in [2.75, 3.05) is 6.61 Å². The lowest BCUT2D eigenvalue weighted by atomic mass is 10.0. The zero-order valence-electron chi connectivity index (χ0n) is 14.8. The normalized spacial score (nSPS) is 11.8. The van der Waals surface area contributed by atoms with Crippen LogP contribution in [0.4, 0.5) is 0 Å². The van der Waals surface area contributed by atoms with Crippen LogP contribution in [0.2, 0.25) is 0 Å². The minimum absolute atomic E-state index is 0.139. The average Bonchev–Trinajstić information content (AvgIpc) is 2.49. The molecule has 0 aromatic rings. The molecule has 0 saturated heterocycles. The Morgan fingerprint density at radius 2 is 1.00 bits per heavy atom. The molecule has 144 valence electrons. The highest BCUT2D eigenvalue weighted by Crippen LogP contribution is 2.35.